The molecule has 0 rings (SSSR count). The van der Waals surface area contributed by atoms with Crippen LogP contribution < -0.4 is 0 Å². The van der Waals surface area contributed by atoms with Crippen molar-refractivity contribution in [2.24, 2.45) is 0 Å². The highest BCUT2D eigenvalue weighted by Crippen LogP contribution is 2.13. The fraction of sp³-hybridized carbons (Fsp3) is 1.00. The summed E-state index contributed by atoms with van der Waals surface area (Å²) in [7, 11) is 7.12. The van der Waals surface area contributed by atoms with Gasteiger partial charge in [0.05, 0.1) is 27.2 Å². The molecule has 0 bridgehead atoms. The van der Waals surface area contributed by atoms with Gasteiger partial charge in [0.2, 0.25) is 0 Å². The predicted octanol–water partition coefficient (Wildman–Crippen LogP) is 8.24. The summed E-state index contributed by atoms with van der Waals surface area (Å²) in [6, 6.07) is 0. The van der Waals surface area contributed by atoms with Crippen LogP contribution in [0.25, 0.3) is 0 Å². The lowest BCUT2D eigenvalue weighted by Crippen LogP contribution is -2.41. The van der Waals surface area contributed by atoms with Crippen molar-refractivity contribution < 1.29 is 4.48 Å². The van der Waals surface area contributed by atoms with E-state index in [-0.39, 0.29) is 17.0 Å². The van der Waals surface area contributed by atoms with Crippen LogP contribution in [-0.2, 0) is 0 Å². The molecule has 2 nitrogen and oxygen atoms in total. The number of unbranched alkanes of at least 4 members (excludes halogenated alkanes) is 15. The van der Waals surface area contributed by atoms with Crippen LogP contribution in [0, 0.1) is 0 Å². The molecule has 178 valence electrons. The molecule has 0 aliphatic carbocycles. The van der Waals surface area contributed by atoms with E-state index in [0.29, 0.717) is 0 Å². The Morgan fingerprint density at radius 2 is 0.862 bits per heavy atom. The van der Waals surface area contributed by atoms with Gasteiger partial charge in [0.15, 0.2) is 0 Å². The zero-order valence-corrected chi connectivity index (χ0v) is 22.9. The molecular weight excluding hydrogens is 420 g/mol. The van der Waals surface area contributed by atoms with E-state index in [0.717, 1.165) is 0 Å². The van der Waals surface area contributed by atoms with Crippen LogP contribution in [0.3, 0.4) is 0 Å². The molecule has 3 heteroatoms. The first kappa shape index (κ1) is 31.6. The fourth-order valence-electron chi connectivity index (χ4n) is 4.10. The van der Waals surface area contributed by atoms with Crippen molar-refractivity contribution in [3.05, 3.63) is 0 Å². The van der Waals surface area contributed by atoms with Gasteiger partial charge in [0.25, 0.3) is 0 Å². The topological polar surface area (TPSA) is 3.24 Å². The molecule has 0 heterocycles. The van der Waals surface area contributed by atoms with Crippen LogP contribution in [0.2, 0.25) is 0 Å². The summed E-state index contributed by atoms with van der Waals surface area (Å²) >= 11 is 0. The van der Waals surface area contributed by atoms with Crippen molar-refractivity contribution >= 4 is 17.0 Å². The van der Waals surface area contributed by atoms with E-state index in [2.05, 4.69) is 39.9 Å². The van der Waals surface area contributed by atoms with Crippen molar-refractivity contribution in [1.82, 2.24) is 4.90 Å². The first-order chi connectivity index (χ1) is 13.5. The highest BCUT2D eigenvalue weighted by atomic mass is 79.9. The Bertz CT molecular complexity index is 307. The van der Waals surface area contributed by atoms with Crippen molar-refractivity contribution in [1.29, 1.82) is 0 Å². The Kier molecular flexibility index (Phi) is 25.1. The summed E-state index contributed by atoms with van der Waals surface area (Å²) in [5.41, 5.74) is 0. The highest BCUT2D eigenvalue weighted by molar-refractivity contribution is 8.93. The first-order valence-electron chi connectivity index (χ1n) is 13.0. The summed E-state index contributed by atoms with van der Waals surface area (Å²) in [4.78, 5) is 2.43. The number of quaternary nitrogens is 1. The number of rotatable bonds is 22. The fourth-order valence-corrected chi connectivity index (χ4v) is 4.10. The summed E-state index contributed by atoms with van der Waals surface area (Å²) in [5, 5.41) is 0. The van der Waals surface area contributed by atoms with Crippen LogP contribution >= 0.6 is 17.0 Å². The molecule has 0 saturated heterocycles. The average Bonchev–Trinajstić information content (AvgIpc) is 2.67. The zero-order valence-electron chi connectivity index (χ0n) is 21.2. The molecule has 29 heavy (non-hydrogen) atoms. The quantitative estimate of drug-likeness (QED) is 0.112. The maximum absolute atomic E-state index is 2.44. The lowest BCUT2D eigenvalue weighted by molar-refractivity contribution is -0.890. The second-order valence-electron chi connectivity index (χ2n) is 9.94. The Morgan fingerprint density at radius 3 is 1.24 bits per heavy atom. The van der Waals surface area contributed by atoms with E-state index >= 15 is 0 Å². The second-order valence-corrected chi connectivity index (χ2v) is 9.94. The van der Waals surface area contributed by atoms with E-state index in [9.17, 15) is 0 Å². The molecule has 0 aliphatic rings. The lowest BCUT2D eigenvalue weighted by Gasteiger charge is -2.30. The summed E-state index contributed by atoms with van der Waals surface area (Å²) in [6.07, 6.45) is 24.5. The number of hydrogen-bond acceptors (Lipinski definition) is 1. The monoisotopic (exact) mass is 477 g/mol. The highest BCUT2D eigenvalue weighted by Gasteiger charge is 2.13. The molecule has 0 aliphatic heterocycles. The van der Waals surface area contributed by atoms with Crippen LogP contribution in [0.5, 0.6) is 0 Å². The van der Waals surface area contributed by atoms with Gasteiger partial charge in [-0.2, -0.15) is 0 Å². The third-order valence-corrected chi connectivity index (χ3v) is 6.46. The second kappa shape index (κ2) is 23.1. The van der Waals surface area contributed by atoms with Crippen molar-refractivity contribution in [3.63, 3.8) is 0 Å². The SMILES string of the molecule is Br.CCCCCCCCCCC[N+](C)(C)CCCCCCCCCCN(C)CC. The van der Waals surface area contributed by atoms with Gasteiger partial charge < -0.3 is 9.38 Å². The van der Waals surface area contributed by atoms with Crippen LogP contribution in [0.4, 0.5) is 0 Å². The summed E-state index contributed by atoms with van der Waals surface area (Å²) in [6.45, 7) is 9.77. The molecule has 0 aromatic carbocycles. The maximum atomic E-state index is 2.44. The Morgan fingerprint density at radius 1 is 0.517 bits per heavy atom. The third-order valence-electron chi connectivity index (χ3n) is 6.46. The average molecular weight is 479 g/mol. The van der Waals surface area contributed by atoms with Gasteiger partial charge in [-0.3, -0.25) is 0 Å². The normalized spacial score (nSPS) is 11.8. The smallest absolute Gasteiger partial charge is 0.0782 e. The van der Waals surface area contributed by atoms with Crippen molar-refractivity contribution in [2.45, 2.75) is 123 Å². The first-order valence-corrected chi connectivity index (χ1v) is 13.0. The molecule has 0 atom stereocenters. The van der Waals surface area contributed by atoms with Gasteiger partial charge >= 0.3 is 0 Å². The maximum Gasteiger partial charge on any atom is 0.0782 e. The summed E-state index contributed by atoms with van der Waals surface area (Å²) < 4.78 is 1.24. The van der Waals surface area contributed by atoms with Gasteiger partial charge in [-0.25, -0.2) is 0 Å². The molecule has 0 aromatic rings. The molecular formula is C26H58BrN2+. The molecule has 0 radical (unpaired) electrons. The van der Waals surface area contributed by atoms with Crippen LogP contribution in [0.1, 0.15) is 123 Å². The van der Waals surface area contributed by atoms with Gasteiger partial charge in [-0.1, -0.05) is 90.9 Å². The Labute approximate surface area is 196 Å². The van der Waals surface area contributed by atoms with Gasteiger partial charge in [0, 0.05) is 0 Å². The van der Waals surface area contributed by atoms with E-state index in [1.807, 2.05) is 0 Å². The molecule has 0 N–H and O–H groups in total. The minimum Gasteiger partial charge on any atom is -0.328 e. The molecule has 0 aromatic heterocycles. The van der Waals surface area contributed by atoms with E-state index in [1.54, 1.807) is 0 Å². The third kappa shape index (κ3) is 24.5. The van der Waals surface area contributed by atoms with Crippen molar-refractivity contribution in [3.8, 4) is 0 Å². The minimum atomic E-state index is 0. The van der Waals surface area contributed by atoms with Gasteiger partial charge in [0.1, 0.15) is 0 Å². The predicted molar refractivity (Wildman–Crippen MR) is 139 cm³/mol. The Hall–Kier alpha value is 0.400. The standard InChI is InChI=1S/C26H57N2.BrH/c1-6-8-9-10-11-13-16-19-22-25-28(4,5)26-23-20-17-14-12-15-18-21-24-27(3)7-2;/h6-26H2,1-5H3;1H/q+1;. The van der Waals surface area contributed by atoms with E-state index < -0.39 is 0 Å². The lowest BCUT2D eigenvalue weighted by atomic mass is 10.1. The summed E-state index contributed by atoms with van der Waals surface area (Å²) in [5.74, 6) is 0. The largest absolute Gasteiger partial charge is 0.328 e. The molecule has 0 unspecified atom stereocenters. The number of halogens is 1. The zero-order chi connectivity index (χ0) is 20.9. The van der Waals surface area contributed by atoms with Gasteiger partial charge in [-0.05, 0) is 52.2 Å². The Balaban J connectivity index is 0. The van der Waals surface area contributed by atoms with Crippen LogP contribution in [-0.4, -0.2) is 56.7 Å². The van der Waals surface area contributed by atoms with E-state index in [4.69, 9.17) is 0 Å². The molecule has 0 spiro atoms. The number of hydrogen-bond donors (Lipinski definition) is 0. The molecule has 0 fully saturated rings. The van der Waals surface area contributed by atoms with Crippen molar-refractivity contribution in [2.75, 3.05) is 47.3 Å². The molecule has 0 amide bonds. The van der Waals surface area contributed by atoms with E-state index in [1.165, 1.54) is 140 Å². The number of nitrogens with zero attached hydrogens (tertiary/aromatic N) is 2. The molecule has 0 saturated carbocycles. The van der Waals surface area contributed by atoms with Gasteiger partial charge in [-0.15, -0.1) is 17.0 Å². The minimum absolute atomic E-state index is 0. The van der Waals surface area contributed by atoms with Crippen LogP contribution in [0.15, 0.2) is 0 Å².